The average Bonchev–Trinajstić information content (AvgIpc) is 3.88. The Balaban J connectivity index is 1.11. The van der Waals surface area contributed by atoms with Crippen LogP contribution in [-0.2, 0) is 5.41 Å². The van der Waals surface area contributed by atoms with Gasteiger partial charge in [-0.2, -0.15) is 10.5 Å². The molecule has 2 heterocycles. The molecule has 0 saturated carbocycles. The fraction of sp³-hybridized carbons (Fsp3) is 0.0545. The summed E-state index contributed by atoms with van der Waals surface area (Å²) in [4.78, 5) is 0. The first-order valence-corrected chi connectivity index (χ1v) is 20.1. The van der Waals surface area contributed by atoms with Crippen molar-refractivity contribution in [2.75, 3.05) is 0 Å². The van der Waals surface area contributed by atoms with Gasteiger partial charge >= 0.3 is 0 Å². The number of hydrogen-bond donors (Lipinski definition) is 0. The quantitative estimate of drug-likeness (QED) is 0.181. The van der Waals surface area contributed by atoms with Gasteiger partial charge in [-0.15, -0.1) is 0 Å². The summed E-state index contributed by atoms with van der Waals surface area (Å²) in [6, 6.07) is 65.1. The molecule has 2 aromatic heterocycles. The van der Waals surface area contributed by atoms with Gasteiger partial charge in [0, 0.05) is 27.0 Å². The smallest absolute Gasteiger partial charge is 0.101 e. The third-order valence-corrected chi connectivity index (χ3v) is 13.0. The molecular weight excluding hydrogens is 717 g/mol. The highest BCUT2D eigenvalue weighted by Crippen LogP contribution is 2.50. The van der Waals surface area contributed by atoms with E-state index in [1.54, 1.807) is 0 Å². The van der Waals surface area contributed by atoms with Crippen molar-refractivity contribution in [3.8, 4) is 45.8 Å². The Morgan fingerprint density at radius 3 is 1.56 bits per heavy atom. The highest BCUT2D eigenvalue weighted by molar-refractivity contribution is 6.23. The van der Waals surface area contributed by atoms with E-state index in [1.807, 2.05) is 18.2 Å². The number of benzene rings is 9. The third kappa shape index (κ3) is 4.52. The maximum absolute atomic E-state index is 11.0. The van der Waals surface area contributed by atoms with Gasteiger partial charge < -0.3 is 9.13 Å². The van der Waals surface area contributed by atoms with E-state index < -0.39 is 0 Å². The van der Waals surface area contributed by atoms with Crippen LogP contribution in [0.5, 0.6) is 0 Å². The molecule has 0 amide bonds. The monoisotopic (exact) mass is 750 g/mol. The lowest BCUT2D eigenvalue weighted by atomic mass is 9.82. The van der Waals surface area contributed by atoms with Gasteiger partial charge in [-0.05, 0) is 103 Å². The molecule has 0 unspecified atom stereocenters. The highest BCUT2D eigenvalue weighted by Gasteiger charge is 2.35. The molecule has 1 aliphatic rings. The molecule has 0 saturated heterocycles. The van der Waals surface area contributed by atoms with Gasteiger partial charge in [-0.25, -0.2) is 0 Å². The average molecular weight is 751 g/mol. The second kappa shape index (κ2) is 12.0. The number of nitriles is 2. The lowest BCUT2D eigenvalue weighted by Crippen LogP contribution is -2.14. The first kappa shape index (κ1) is 33.2. The fourth-order valence-electron chi connectivity index (χ4n) is 10.3. The van der Waals surface area contributed by atoms with Crippen LogP contribution in [0.15, 0.2) is 170 Å². The number of nitrogens with zero attached hydrogens (tertiary/aromatic N) is 4. The van der Waals surface area contributed by atoms with E-state index in [0.717, 1.165) is 76.3 Å². The molecule has 4 nitrogen and oxygen atoms in total. The number of fused-ring (bicyclic) bond motifs is 13. The minimum absolute atomic E-state index is 0.0625. The summed E-state index contributed by atoms with van der Waals surface area (Å²) in [5, 5.41) is 31.0. The second-order valence-corrected chi connectivity index (χ2v) is 16.3. The molecular formula is C55H34N4. The minimum Gasteiger partial charge on any atom is -0.308 e. The predicted molar refractivity (Wildman–Crippen MR) is 243 cm³/mol. The van der Waals surface area contributed by atoms with Gasteiger partial charge in [0.05, 0.1) is 44.6 Å². The Kier molecular flexibility index (Phi) is 6.79. The van der Waals surface area contributed by atoms with Crippen LogP contribution in [0.2, 0.25) is 0 Å². The summed E-state index contributed by atoms with van der Waals surface area (Å²) in [6.07, 6.45) is 0. The van der Waals surface area contributed by atoms with Crippen molar-refractivity contribution in [2.24, 2.45) is 0 Å². The summed E-state index contributed by atoms with van der Waals surface area (Å²) < 4.78 is 4.34. The molecule has 9 aromatic carbocycles. The topological polar surface area (TPSA) is 57.4 Å². The Morgan fingerprint density at radius 1 is 0.407 bits per heavy atom. The number of para-hydroxylation sites is 1. The van der Waals surface area contributed by atoms with Crippen molar-refractivity contribution >= 4 is 65.2 Å². The fourth-order valence-corrected chi connectivity index (χ4v) is 10.3. The van der Waals surface area contributed by atoms with Crippen LogP contribution >= 0.6 is 0 Å². The molecule has 0 spiro atoms. The van der Waals surface area contributed by atoms with Crippen molar-refractivity contribution in [1.82, 2.24) is 9.13 Å². The van der Waals surface area contributed by atoms with E-state index in [9.17, 15) is 10.5 Å². The molecule has 274 valence electrons. The Hall–Kier alpha value is -7.92. The molecule has 1 aliphatic carbocycles. The van der Waals surface area contributed by atoms with E-state index in [1.165, 1.54) is 22.3 Å². The van der Waals surface area contributed by atoms with Crippen molar-refractivity contribution in [3.63, 3.8) is 0 Å². The summed E-state index contributed by atoms with van der Waals surface area (Å²) >= 11 is 0. The SMILES string of the molecule is CC1(C)c2ccccc2-c2cc(-c3ccc4c(c3)c3c5ccccc5ccc3n4-c3cc(C#N)c(-n4c5ccccc5c5c6ccccc6ccc54)cc3C#N)ccc21. The van der Waals surface area contributed by atoms with E-state index in [4.69, 9.17) is 0 Å². The molecule has 59 heavy (non-hydrogen) atoms. The Bertz CT molecular complexity index is 3730. The lowest BCUT2D eigenvalue weighted by molar-refractivity contribution is 0.660. The first-order chi connectivity index (χ1) is 28.9. The molecule has 0 fully saturated rings. The summed E-state index contributed by atoms with van der Waals surface area (Å²) in [5.74, 6) is 0. The summed E-state index contributed by atoms with van der Waals surface area (Å²) in [6.45, 7) is 4.63. The molecule has 11 aromatic rings. The standard InChI is InChI=1S/C55H34N4/c1-55(2)45-17-9-7-15-41(45)43-27-35(19-23-46(43)55)36-22-24-48-44(28-36)54-40-14-6-4-12-34(40)21-26-50(54)59(48)52-30-37(31-56)51(29-38(52)32-57)58-47-18-10-8-16-42(47)53-39-13-5-3-11-33(39)20-25-49(53)58/h3-30H,1-2H3. The van der Waals surface area contributed by atoms with Gasteiger partial charge in [0.2, 0.25) is 0 Å². The Morgan fingerprint density at radius 2 is 0.898 bits per heavy atom. The lowest BCUT2D eigenvalue weighted by Gasteiger charge is -2.21. The molecule has 0 bridgehead atoms. The Labute approximate surface area is 340 Å². The number of hydrogen-bond acceptors (Lipinski definition) is 2. The van der Waals surface area contributed by atoms with Crippen molar-refractivity contribution in [3.05, 3.63) is 192 Å². The molecule has 12 rings (SSSR count). The minimum atomic E-state index is -0.0625. The van der Waals surface area contributed by atoms with Crippen molar-refractivity contribution in [2.45, 2.75) is 19.3 Å². The predicted octanol–water partition coefficient (Wildman–Crippen LogP) is 13.9. The van der Waals surface area contributed by atoms with Crippen molar-refractivity contribution in [1.29, 1.82) is 10.5 Å². The second-order valence-electron chi connectivity index (χ2n) is 16.3. The maximum Gasteiger partial charge on any atom is 0.101 e. The molecule has 0 radical (unpaired) electrons. The van der Waals surface area contributed by atoms with E-state index >= 15 is 0 Å². The maximum atomic E-state index is 11.0. The zero-order valence-corrected chi connectivity index (χ0v) is 32.5. The zero-order valence-electron chi connectivity index (χ0n) is 32.5. The van der Waals surface area contributed by atoms with Crippen molar-refractivity contribution < 1.29 is 0 Å². The molecule has 0 aliphatic heterocycles. The van der Waals surface area contributed by atoms with Crippen LogP contribution in [0.1, 0.15) is 36.1 Å². The van der Waals surface area contributed by atoms with Crippen LogP contribution in [0.4, 0.5) is 0 Å². The normalized spacial score (nSPS) is 13.0. The van der Waals surface area contributed by atoms with Gasteiger partial charge in [-0.1, -0.05) is 135 Å². The zero-order chi connectivity index (χ0) is 39.6. The van der Waals surface area contributed by atoms with Gasteiger partial charge in [0.15, 0.2) is 0 Å². The first-order valence-electron chi connectivity index (χ1n) is 20.1. The third-order valence-electron chi connectivity index (χ3n) is 13.0. The largest absolute Gasteiger partial charge is 0.308 e. The van der Waals surface area contributed by atoms with Crippen LogP contribution in [0, 0.1) is 22.7 Å². The summed E-state index contributed by atoms with van der Waals surface area (Å²) in [7, 11) is 0. The van der Waals surface area contributed by atoms with E-state index in [0.29, 0.717) is 22.5 Å². The van der Waals surface area contributed by atoms with Crippen LogP contribution in [-0.4, -0.2) is 9.13 Å². The summed E-state index contributed by atoms with van der Waals surface area (Å²) in [5.41, 5.74) is 13.8. The van der Waals surface area contributed by atoms with Gasteiger partial charge in [-0.3, -0.25) is 0 Å². The molecule has 0 N–H and O–H groups in total. The highest BCUT2D eigenvalue weighted by atomic mass is 15.0. The molecule has 0 atom stereocenters. The van der Waals surface area contributed by atoms with Crippen LogP contribution < -0.4 is 0 Å². The number of rotatable bonds is 3. The van der Waals surface area contributed by atoms with Crippen LogP contribution in [0.25, 0.3) is 98.8 Å². The van der Waals surface area contributed by atoms with Gasteiger partial charge in [0.1, 0.15) is 12.1 Å². The number of aromatic nitrogens is 2. The van der Waals surface area contributed by atoms with Gasteiger partial charge in [0.25, 0.3) is 0 Å². The van der Waals surface area contributed by atoms with E-state index in [2.05, 4.69) is 187 Å². The van der Waals surface area contributed by atoms with Crippen LogP contribution in [0.3, 0.4) is 0 Å². The molecule has 4 heteroatoms. The van der Waals surface area contributed by atoms with E-state index in [-0.39, 0.29) is 5.41 Å².